The third-order valence-electron chi connectivity index (χ3n) is 2.45. The quantitative estimate of drug-likeness (QED) is 0.441. The molecule has 0 aromatic rings. The fourth-order valence-electron chi connectivity index (χ4n) is 1.74. The maximum absolute atomic E-state index is 6.34. The van der Waals surface area contributed by atoms with E-state index < -0.39 is 25.9 Å². The van der Waals surface area contributed by atoms with Crippen molar-refractivity contribution in [2.75, 3.05) is 6.61 Å². The van der Waals surface area contributed by atoms with Crippen LogP contribution in [0.25, 0.3) is 0 Å². The predicted molar refractivity (Wildman–Crippen MR) is 95.7 cm³/mol. The molecular weight excluding hydrogens is 300 g/mol. The summed E-state index contributed by atoms with van der Waals surface area (Å²) >= 11 is 0. The Kier molecular flexibility index (Phi) is 8.77. The van der Waals surface area contributed by atoms with Gasteiger partial charge in [-0.15, -0.1) is 0 Å². The highest BCUT2D eigenvalue weighted by Crippen LogP contribution is 2.18. The van der Waals surface area contributed by atoms with Crippen molar-refractivity contribution < 1.29 is 13.0 Å². The van der Waals surface area contributed by atoms with Crippen LogP contribution < -0.4 is 0 Å². The van der Waals surface area contributed by atoms with E-state index in [4.69, 9.17) is 13.0 Å². The molecule has 1 atom stereocenters. The van der Waals surface area contributed by atoms with Gasteiger partial charge in [-0.2, -0.15) is 0 Å². The second kappa shape index (κ2) is 8.65. The minimum Gasteiger partial charge on any atom is -0.439 e. The molecule has 0 saturated carbocycles. The molecule has 1 unspecified atom stereocenters. The molecule has 0 radical (unpaired) electrons. The first kappa shape index (κ1) is 20.3. The summed E-state index contributed by atoms with van der Waals surface area (Å²) in [6.07, 6.45) is 1.23. The van der Waals surface area contributed by atoms with E-state index in [1.807, 2.05) is 6.92 Å². The van der Waals surface area contributed by atoms with Gasteiger partial charge >= 0.3 is 9.28 Å². The van der Waals surface area contributed by atoms with Gasteiger partial charge in [0.25, 0.3) is 0 Å². The minimum atomic E-state index is -1.65. The first-order chi connectivity index (χ1) is 8.93. The van der Waals surface area contributed by atoms with Crippen LogP contribution in [0, 0.1) is 0 Å². The van der Waals surface area contributed by atoms with Crippen LogP contribution in [0.3, 0.4) is 0 Å². The van der Waals surface area contributed by atoms with Crippen LogP contribution in [0.5, 0.6) is 0 Å². The predicted octanol–water partition coefficient (Wildman–Crippen LogP) is 4.28. The Bertz CT molecular complexity index is 279. The fourth-order valence-corrected chi connectivity index (χ4v) is 10.3. The lowest BCUT2D eigenvalue weighted by Gasteiger charge is -2.32. The molecule has 0 fully saturated rings. The average molecular weight is 335 g/mol. The topological polar surface area (TPSA) is 27.7 Å². The SMILES string of the molecule is C=C(C)COC(CC)C[SiH](O[Si](C)(C)C)O[Si](C)(C)C. The van der Waals surface area contributed by atoms with Crippen LogP contribution in [0.1, 0.15) is 20.3 Å². The highest BCUT2D eigenvalue weighted by molar-refractivity contribution is 6.81. The van der Waals surface area contributed by atoms with Crippen molar-refractivity contribution in [3.05, 3.63) is 12.2 Å². The summed E-state index contributed by atoms with van der Waals surface area (Å²) in [5.41, 5.74) is 1.07. The Hall–Kier alpha value is 0.271. The molecule has 0 rings (SSSR count). The standard InChI is InChI=1S/C14H34O3Si3/c1-10-14(15-11-13(2)3)12-18(16-19(4,5)6)17-20(7,8)9/h14,18H,2,10-12H2,1,3-9H3. The molecule has 20 heavy (non-hydrogen) atoms. The summed E-state index contributed by atoms with van der Waals surface area (Å²) in [6.45, 7) is 22.1. The normalized spacial score (nSPS) is 14.7. The Morgan fingerprint density at radius 1 is 1.05 bits per heavy atom. The Morgan fingerprint density at radius 2 is 1.50 bits per heavy atom. The number of hydrogen-bond donors (Lipinski definition) is 0. The van der Waals surface area contributed by atoms with E-state index in [9.17, 15) is 0 Å². The lowest BCUT2D eigenvalue weighted by Crippen LogP contribution is -2.44. The Balaban J connectivity index is 4.62. The number of rotatable bonds is 10. The largest absolute Gasteiger partial charge is 0.439 e. The molecule has 0 N–H and O–H groups in total. The maximum atomic E-state index is 6.34. The summed E-state index contributed by atoms with van der Waals surface area (Å²) in [6, 6.07) is 0.943. The van der Waals surface area contributed by atoms with Crippen molar-refractivity contribution in [3.63, 3.8) is 0 Å². The molecule has 0 bridgehead atoms. The zero-order chi connectivity index (χ0) is 16.0. The van der Waals surface area contributed by atoms with Crippen LogP contribution in [-0.2, 0) is 13.0 Å². The van der Waals surface area contributed by atoms with E-state index >= 15 is 0 Å². The van der Waals surface area contributed by atoms with Crippen LogP contribution in [0.15, 0.2) is 12.2 Å². The van der Waals surface area contributed by atoms with Gasteiger partial charge in [-0.25, -0.2) is 0 Å². The Morgan fingerprint density at radius 3 is 1.80 bits per heavy atom. The van der Waals surface area contributed by atoms with Crippen LogP contribution in [-0.4, -0.2) is 38.6 Å². The molecule has 0 aromatic carbocycles. The summed E-state index contributed by atoms with van der Waals surface area (Å²) < 4.78 is 18.6. The molecule has 0 amide bonds. The molecule has 6 heteroatoms. The van der Waals surface area contributed by atoms with Crippen LogP contribution in [0.4, 0.5) is 0 Å². The van der Waals surface area contributed by atoms with Gasteiger partial charge in [0.15, 0.2) is 16.6 Å². The zero-order valence-electron chi connectivity index (χ0n) is 14.7. The first-order valence-electron chi connectivity index (χ1n) is 7.54. The molecule has 0 saturated heterocycles. The lowest BCUT2D eigenvalue weighted by atomic mass is 10.3. The van der Waals surface area contributed by atoms with E-state index in [0.29, 0.717) is 6.61 Å². The molecule has 3 nitrogen and oxygen atoms in total. The van der Waals surface area contributed by atoms with E-state index in [2.05, 4.69) is 52.8 Å². The highest BCUT2D eigenvalue weighted by atomic mass is 28.4. The monoisotopic (exact) mass is 334 g/mol. The van der Waals surface area contributed by atoms with Crippen LogP contribution in [0.2, 0.25) is 45.3 Å². The van der Waals surface area contributed by atoms with Gasteiger partial charge in [0.2, 0.25) is 0 Å². The van der Waals surface area contributed by atoms with Crippen molar-refractivity contribution in [1.29, 1.82) is 0 Å². The number of ether oxygens (including phenoxy) is 1. The molecular formula is C14H34O3Si3. The highest BCUT2D eigenvalue weighted by Gasteiger charge is 2.30. The molecule has 0 aliphatic rings. The molecule has 0 spiro atoms. The van der Waals surface area contributed by atoms with Gasteiger partial charge in [0.05, 0.1) is 12.7 Å². The molecule has 0 heterocycles. The summed E-state index contributed by atoms with van der Waals surface area (Å²) in [4.78, 5) is 0. The van der Waals surface area contributed by atoms with Gasteiger partial charge in [-0.1, -0.05) is 19.1 Å². The van der Waals surface area contributed by atoms with Crippen LogP contribution >= 0.6 is 0 Å². The third kappa shape index (κ3) is 12.0. The zero-order valence-corrected chi connectivity index (χ0v) is 17.9. The van der Waals surface area contributed by atoms with Crippen molar-refractivity contribution in [1.82, 2.24) is 0 Å². The molecule has 0 aliphatic heterocycles. The Labute approximate surface area is 129 Å². The maximum Gasteiger partial charge on any atom is 0.303 e. The minimum absolute atomic E-state index is 0.232. The average Bonchev–Trinajstić information content (AvgIpc) is 2.18. The molecule has 120 valence electrons. The van der Waals surface area contributed by atoms with E-state index in [0.717, 1.165) is 18.0 Å². The summed E-state index contributed by atoms with van der Waals surface area (Å²) in [7, 11) is -4.77. The van der Waals surface area contributed by atoms with E-state index in [1.54, 1.807) is 0 Å². The van der Waals surface area contributed by atoms with Gasteiger partial charge in [-0.3, -0.25) is 0 Å². The molecule has 0 aromatic heterocycles. The van der Waals surface area contributed by atoms with Crippen molar-refractivity contribution in [2.45, 2.75) is 71.7 Å². The van der Waals surface area contributed by atoms with Crippen molar-refractivity contribution in [2.24, 2.45) is 0 Å². The smallest absolute Gasteiger partial charge is 0.303 e. The first-order valence-corrected chi connectivity index (χ1v) is 16.1. The second-order valence-electron chi connectivity index (χ2n) is 7.42. The van der Waals surface area contributed by atoms with Crippen molar-refractivity contribution in [3.8, 4) is 0 Å². The van der Waals surface area contributed by atoms with Crippen molar-refractivity contribution >= 4 is 25.9 Å². The molecule has 0 aliphatic carbocycles. The summed E-state index contributed by atoms with van der Waals surface area (Å²) in [5, 5.41) is 0. The van der Waals surface area contributed by atoms with Gasteiger partial charge in [0.1, 0.15) is 0 Å². The third-order valence-corrected chi connectivity index (χ3v) is 11.1. The van der Waals surface area contributed by atoms with E-state index in [1.165, 1.54) is 0 Å². The van der Waals surface area contributed by atoms with Gasteiger partial charge in [-0.05, 0) is 52.6 Å². The fraction of sp³-hybridized carbons (Fsp3) is 0.857. The van der Waals surface area contributed by atoms with Gasteiger partial charge in [0, 0.05) is 6.04 Å². The van der Waals surface area contributed by atoms with E-state index in [-0.39, 0.29) is 6.10 Å². The number of hydrogen-bond acceptors (Lipinski definition) is 3. The summed E-state index contributed by atoms with van der Waals surface area (Å²) in [5.74, 6) is 0. The lowest BCUT2D eigenvalue weighted by molar-refractivity contribution is 0.0767. The second-order valence-corrected chi connectivity index (χ2v) is 19.1. The van der Waals surface area contributed by atoms with Gasteiger partial charge < -0.3 is 13.0 Å².